The molecule has 0 aromatic carbocycles. The van der Waals surface area contributed by atoms with Gasteiger partial charge in [0, 0.05) is 25.7 Å². The van der Waals surface area contributed by atoms with Gasteiger partial charge in [-0.15, -0.1) is 0 Å². The first-order valence-electron chi connectivity index (χ1n) is 36.0. The number of phosphoric acid groups is 2. The molecule has 0 aliphatic heterocycles. The van der Waals surface area contributed by atoms with Crippen molar-refractivity contribution in [3.8, 4) is 0 Å². The lowest BCUT2D eigenvalue weighted by atomic mass is 9.99. The van der Waals surface area contributed by atoms with E-state index in [4.69, 9.17) is 37.0 Å². The van der Waals surface area contributed by atoms with Crippen molar-refractivity contribution in [2.75, 3.05) is 39.6 Å². The van der Waals surface area contributed by atoms with Gasteiger partial charge in [0.2, 0.25) is 0 Å². The maximum Gasteiger partial charge on any atom is 0.472 e. The Morgan fingerprint density at radius 3 is 0.864 bits per heavy atom. The van der Waals surface area contributed by atoms with Crippen LogP contribution in [0.2, 0.25) is 0 Å². The molecule has 19 heteroatoms. The highest BCUT2D eigenvalue weighted by molar-refractivity contribution is 7.47. The van der Waals surface area contributed by atoms with E-state index in [0.717, 1.165) is 102 Å². The number of aliphatic hydroxyl groups excluding tert-OH is 1. The third-order valence-electron chi connectivity index (χ3n) is 16.3. The Hall–Kier alpha value is -1.94. The van der Waals surface area contributed by atoms with Crippen molar-refractivity contribution in [1.29, 1.82) is 0 Å². The zero-order chi connectivity index (χ0) is 65.0. The molecule has 88 heavy (non-hydrogen) atoms. The topological polar surface area (TPSA) is 237 Å². The van der Waals surface area contributed by atoms with E-state index in [1.165, 1.54) is 167 Å². The highest BCUT2D eigenvalue weighted by atomic mass is 31.2. The van der Waals surface area contributed by atoms with Gasteiger partial charge in [-0.3, -0.25) is 37.3 Å². The second-order valence-corrected chi connectivity index (χ2v) is 28.5. The molecule has 0 aliphatic rings. The largest absolute Gasteiger partial charge is 0.472 e. The van der Waals surface area contributed by atoms with E-state index < -0.39 is 97.5 Å². The molecule has 0 rings (SSSR count). The summed E-state index contributed by atoms with van der Waals surface area (Å²) in [7, 11) is -9.90. The number of carbonyl (C=O) groups is 4. The van der Waals surface area contributed by atoms with Crippen molar-refractivity contribution in [2.24, 2.45) is 11.8 Å². The summed E-state index contributed by atoms with van der Waals surface area (Å²) >= 11 is 0. The molecule has 3 N–H and O–H groups in total. The standard InChI is InChI=1S/C69H134O17P2/c1-7-10-12-14-16-18-20-21-22-27-34-40-46-52-67(72)80-57-64(85-68(73)53-47-41-35-28-24-23-25-31-37-43-49-61(4)5)59-83-87(75,76)81-55-63(70)56-82-88(77,78)84-60-65(58-79-66(71)51-45-39-33-26-19-17-15-13-11-8-2)86-69(74)54-48-42-36-30-29-32-38-44-50-62(6)9-3/h61-65,70H,7-60H2,1-6H3,(H,75,76)(H,77,78)/t62?,63-,64-,65-/m1/s1. The predicted molar refractivity (Wildman–Crippen MR) is 354 cm³/mol. The third kappa shape index (κ3) is 61.6. The number of ether oxygens (including phenoxy) is 4. The lowest BCUT2D eigenvalue weighted by Gasteiger charge is -2.21. The molecule has 0 aromatic rings. The Balaban J connectivity index is 5.26. The van der Waals surface area contributed by atoms with Crippen molar-refractivity contribution >= 4 is 39.5 Å². The zero-order valence-corrected chi connectivity index (χ0v) is 58.8. The fourth-order valence-electron chi connectivity index (χ4n) is 10.4. The molecule has 3 unspecified atom stereocenters. The second kappa shape index (κ2) is 61.3. The highest BCUT2D eigenvalue weighted by Gasteiger charge is 2.30. The Bertz CT molecular complexity index is 1720. The summed E-state index contributed by atoms with van der Waals surface area (Å²) in [5.41, 5.74) is 0. The molecular formula is C69H134O17P2. The molecule has 0 fully saturated rings. The number of carbonyl (C=O) groups excluding carboxylic acids is 4. The van der Waals surface area contributed by atoms with Crippen LogP contribution in [-0.2, 0) is 65.4 Å². The molecule has 0 radical (unpaired) electrons. The van der Waals surface area contributed by atoms with Crippen LogP contribution in [-0.4, -0.2) is 96.7 Å². The van der Waals surface area contributed by atoms with Gasteiger partial charge in [0.25, 0.3) is 0 Å². The van der Waals surface area contributed by atoms with Crippen molar-refractivity contribution in [1.82, 2.24) is 0 Å². The van der Waals surface area contributed by atoms with Gasteiger partial charge in [-0.25, -0.2) is 9.13 Å². The summed E-state index contributed by atoms with van der Waals surface area (Å²) < 4.78 is 68.2. The average Bonchev–Trinajstić information content (AvgIpc) is 3.58. The van der Waals surface area contributed by atoms with E-state index in [1.54, 1.807) is 0 Å². The summed E-state index contributed by atoms with van der Waals surface area (Å²) in [4.78, 5) is 72.5. The van der Waals surface area contributed by atoms with Crippen LogP contribution < -0.4 is 0 Å². The number of unbranched alkanes of at least 4 members (excludes halogenated alkanes) is 37. The lowest BCUT2D eigenvalue weighted by molar-refractivity contribution is -0.161. The Kier molecular flexibility index (Phi) is 59.9. The number of aliphatic hydroxyl groups is 1. The van der Waals surface area contributed by atoms with Gasteiger partial charge < -0.3 is 33.8 Å². The van der Waals surface area contributed by atoms with Crippen molar-refractivity contribution < 1.29 is 80.2 Å². The lowest BCUT2D eigenvalue weighted by Crippen LogP contribution is -2.30. The van der Waals surface area contributed by atoms with Gasteiger partial charge >= 0.3 is 39.5 Å². The van der Waals surface area contributed by atoms with E-state index in [9.17, 15) is 43.2 Å². The molecule has 0 saturated carbocycles. The summed E-state index contributed by atoms with van der Waals surface area (Å²) in [6.07, 6.45) is 45.6. The smallest absolute Gasteiger partial charge is 0.462 e. The van der Waals surface area contributed by atoms with Crippen LogP contribution in [0.15, 0.2) is 0 Å². The number of esters is 4. The van der Waals surface area contributed by atoms with Crippen LogP contribution in [0.3, 0.4) is 0 Å². The summed E-state index contributed by atoms with van der Waals surface area (Å²) in [5.74, 6) is -0.604. The predicted octanol–water partition coefficient (Wildman–Crippen LogP) is 19.6. The van der Waals surface area contributed by atoms with Crippen molar-refractivity contribution in [2.45, 2.75) is 368 Å². The fraction of sp³-hybridized carbons (Fsp3) is 0.942. The number of hydrogen-bond acceptors (Lipinski definition) is 15. The van der Waals surface area contributed by atoms with Gasteiger partial charge in [-0.1, -0.05) is 298 Å². The van der Waals surface area contributed by atoms with E-state index in [0.29, 0.717) is 25.7 Å². The second-order valence-electron chi connectivity index (χ2n) is 25.6. The monoisotopic (exact) mass is 1300 g/mol. The quantitative estimate of drug-likeness (QED) is 0.0222. The first-order valence-corrected chi connectivity index (χ1v) is 39.0. The van der Waals surface area contributed by atoms with Crippen LogP contribution in [0, 0.1) is 11.8 Å². The Morgan fingerprint density at radius 1 is 0.330 bits per heavy atom. The number of phosphoric ester groups is 2. The van der Waals surface area contributed by atoms with E-state index in [1.807, 2.05) is 0 Å². The van der Waals surface area contributed by atoms with Crippen LogP contribution >= 0.6 is 15.6 Å². The van der Waals surface area contributed by atoms with Gasteiger partial charge in [0.15, 0.2) is 12.2 Å². The van der Waals surface area contributed by atoms with Crippen LogP contribution in [0.25, 0.3) is 0 Å². The van der Waals surface area contributed by atoms with Gasteiger partial charge in [-0.2, -0.15) is 0 Å². The molecule has 0 bridgehead atoms. The zero-order valence-electron chi connectivity index (χ0n) is 57.0. The fourth-order valence-corrected chi connectivity index (χ4v) is 12.0. The van der Waals surface area contributed by atoms with Crippen LogP contribution in [0.5, 0.6) is 0 Å². The molecule has 522 valence electrons. The molecule has 0 spiro atoms. The molecule has 17 nitrogen and oxygen atoms in total. The maximum atomic E-state index is 13.0. The molecule has 0 aliphatic carbocycles. The van der Waals surface area contributed by atoms with E-state index >= 15 is 0 Å². The SMILES string of the molecule is CCCCCCCCCCCCCCCC(=O)OC[C@H](COP(=O)(O)OC[C@@H](O)COP(=O)(O)OC[C@@H](COC(=O)CCCCCCCCCCCC)OC(=O)CCCCCCCCCCC(C)CC)OC(=O)CCCCCCCCCCCCC(C)C. The highest BCUT2D eigenvalue weighted by Crippen LogP contribution is 2.45. The van der Waals surface area contributed by atoms with Gasteiger partial charge in [-0.05, 0) is 37.5 Å². The first-order chi connectivity index (χ1) is 42.4. The molecule has 6 atom stereocenters. The summed E-state index contributed by atoms with van der Waals surface area (Å²) in [6.45, 7) is 9.52. The van der Waals surface area contributed by atoms with Crippen LogP contribution in [0.4, 0.5) is 0 Å². The normalized spacial score (nSPS) is 14.5. The molecule has 0 amide bonds. The average molecular weight is 1300 g/mol. The number of rotatable bonds is 68. The molecule has 0 saturated heterocycles. The van der Waals surface area contributed by atoms with E-state index in [-0.39, 0.29) is 25.7 Å². The minimum Gasteiger partial charge on any atom is -0.462 e. The molecular weight excluding hydrogens is 1160 g/mol. The van der Waals surface area contributed by atoms with Crippen molar-refractivity contribution in [3.63, 3.8) is 0 Å². The molecule has 0 aromatic heterocycles. The minimum absolute atomic E-state index is 0.105. The van der Waals surface area contributed by atoms with Gasteiger partial charge in [0.05, 0.1) is 26.4 Å². The Morgan fingerprint density at radius 2 is 0.580 bits per heavy atom. The van der Waals surface area contributed by atoms with E-state index in [2.05, 4.69) is 41.5 Å². The minimum atomic E-state index is -4.95. The summed E-state index contributed by atoms with van der Waals surface area (Å²) in [6, 6.07) is 0. The summed E-state index contributed by atoms with van der Waals surface area (Å²) in [5, 5.41) is 10.6. The third-order valence-corrected chi connectivity index (χ3v) is 18.2. The Labute approximate surface area is 537 Å². The van der Waals surface area contributed by atoms with Gasteiger partial charge in [0.1, 0.15) is 19.3 Å². The van der Waals surface area contributed by atoms with Crippen LogP contribution in [0.1, 0.15) is 350 Å². The number of hydrogen-bond donors (Lipinski definition) is 3. The van der Waals surface area contributed by atoms with Crippen molar-refractivity contribution in [3.05, 3.63) is 0 Å². The molecule has 0 heterocycles. The maximum absolute atomic E-state index is 13.0. The first kappa shape index (κ1) is 86.1.